The van der Waals surface area contributed by atoms with Crippen molar-refractivity contribution in [2.45, 2.75) is 33.5 Å². The number of carbonyl (C=O) groups is 1. The van der Waals surface area contributed by atoms with Gasteiger partial charge < -0.3 is 9.88 Å². The summed E-state index contributed by atoms with van der Waals surface area (Å²) in [5, 5.41) is 4.95. The molecule has 0 atom stereocenters. The van der Waals surface area contributed by atoms with Crippen molar-refractivity contribution < 1.29 is 4.79 Å². The summed E-state index contributed by atoms with van der Waals surface area (Å²) < 4.78 is 2.11. The van der Waals surface area contributed by atoms with Crippen LogP contribution in [-0.2, 0) is 19.6 Å². The summed E-state index contributed by atoms with van der Waals surface area (Å²) in [6, 6.07) is 4.01. The molecule has 0 aliphatic carbocycles. The van der Waals surface area contributed by atoms with Gasteiger partial charge in [0.15, 0.2) is 0 Å². The number of carbonyl (C=O) groups excluding carboxylic acids is 1. The Kier molecular flexibility index (Phi) is 4.59. The standard InChI is InChI=1S/C16H22N4OS/c1-12(2)9-19-5-6-20-10-14(18-15(20)11-19)16(21)17-8-13-4-3-7-22-13/h3-4,7,10,12H,5-6,8-9,11H2,1-2H3,(H,17,21). The quantitative estimate of drug-likeness (QED) is 0.920. The van der Waals surface area contributed by atoms with E-state index >= 15 is 0 Å². The molecule has 0 fully saturated rings. The molecule has 0 bridgehead atoms. The first-order chi connectivity index (χ1) is 10.6. The van der Waals surface area contributed by atoms with Crippen molar-refractivity contribution >= 4 is 17.2 Å². The highest BCUT2D eigenvalue weighted by Crippen LogP contribution is 2.14. The van der Waals surface area contributed by atoms with E-state index in [1.165, 1.54) is 0 Å². The number of hydrogen-bond acceptors (Lipinski definition) is 4. The van der Waals surface area contributed by atoms with Crippen molar-refractivity contribution in [1.82, 2.24) is 19.8 Å². The number of nitrogens with zero attached hydrogens (tertiary/aromatic N) is 3. The minimum atomic E-state index is -0.0919. The van der Waals surface area contributed by atoms with E-state index in [4.69, 9.17) is 0 Å². The Morgan fingerprint density at radius 3 is 3.05 bits per heavy atom. The van der Waals surface area contributed by atoms with Crippen molar-refractivity contribution in [2.24, 2.45) is 5.92 Å². The van der Waals surface area contributed by atoms with E-state index in [-0.39, 0.29) is 5.91 Å². The van der Waals surface area contributed by atoms with E-state index < -0.39 is 0 Å². The first kappa shape index (κ1) is 15.2. The van der Waals surface area contributed by atoms with Gasteiger partial charge in [-0.25, -0.2) is 4.98 Å². The van der Waals surface area contributed by atoms with Gasteiger partial charge in [0, 0.05) is 30.7 Å². The fourth-order valence-electron chi connectivity index (χ4n) is 2.76. The van der Waals surface area contributed by atoms with Gasteiger partial charge in [0.25, 0.3) is 5.91 Å². The highest BCUT2D eigenvalue weighted by atomic mass is 32.1. The molecule has 0 saturated heterocycles. The highest BCUT2D eigenvalue weighted by molar-refractivity contribution is 7.09. The lowest BCUT2D eigenvalue weighted by Gasteiger charge is -2.28. The number of nitrogens with one attached hydrogen (secondary N) is 1. The number of fused-ring (bicyclic) bond motifs is 1. The first-order valence-corrected chi connectivity index (χ1v) is 8.59. The number of rotatable bonds is 5. The summed E-state index contributed by atoms with van der Waals surface area (Å²) in [7, 11) is 0. The minimum Gasteiger partial charge on any atom is -0.346 e. The predicted molar refractivity (Wildman–Crippen MR) is 87.8 cm³/mol. The zero-order valence-electron chi connectivity index (χ0n) is 13.1. The molecule has 1 amide bonds. The SMILES string of the molecule is CC(C)CN1CCn2cc(C(=O)NCc3cccs3)nc2C1. The minimum absolute atomic E-state index is 0.0919. The molecule has 6 heteroatoms. The van der Waals surface area contributed by atoms with E-state index in [1.54, 1.807) is 11.3 Å². The van der Waals surface area contributed by atoms with Gasteiger partial charge in [-0.05, 0) is 17.4 Å². The number of thiophene rings is 1. The molecule has 1 aliphatic heterocycles. The average Bonchev–Trinajstić information content (AvgIpc) is 3.12. The fourth-order valence-corrected chi connectivity index (χ4v) is 3.40. The van der Waals surface area contributed by atoms with E-state index in [0.717, 1.165) is 36.9 Å². The van der Waals surface area contributed by atoms with E-state index in [0.29, 0.717) is 18.2 Å². The van der Waals surface area contributed by atoms with Gasteiger partial charge >= 0.3 is 0 Å². The van der Waals surface area contributed by atoms with Crippen LogP contribution in [0.4, 0.5) is 0 Å². The van der Waals surface area contributed by atoms with Crippen molar-refractivity contribution in [3.63, 3.8) is 0 Å². The van der Waals surface area contributed by atoms with Crippen LogP contribution in [-0.4, -0.2) is 33.4 Å². The molecule has 0 spiro atoms. The summed E-state index contributed by atoms with van der Waals surface area (Å²) in [6.07, 6.45) is 1.88. The average molecular weight is 318 g/mol. The maximum atomic E-state index is 12.2. The third kappa shape index (κ3) is 3.56. The molecule has 0 aromatic carbocycles. The largest absolute Gasteiger partial charge is 0.346 e. The molecule has 5 nitrogen and oxygen atoms in total. The zero-order chi connectivity index (χ0) is 15.5. The lowest BCUT2D eigenvalue weighted by Crippen LogP contribution is -2.35. The normalized spacial score (nSPS) is 15.0. The van der Waals surface area contributed by atoms with Crippen LogP contribution in [0.25, 0.3) is 0 Å². The molecule has 1 aliphatic rings. The lowest BCUT2D eigenvalue weighted by molar-refractivity contribution is 0.0946. The molecule has 3 heterocycles. The van der Waals surface area contributed by atoms with Gasteiger partial charge in [0.05, 0.1) is 13.1 Å². The molecule has 1 N–H and O–H groups in total. The second-order valence-corrected chi connectivity index (χ2v) is 7.16. The molecule has 0 radical (unpaired) electrons. The molecule has 22 heavy (non-hydrogen) atoms. The third-order valence-corrected chi connectivity index (χ3v) is 4.62. The van der Waals surface area contributed by atoms with Gasteiger partial charge in [0.1, 0.15) is 11.5 Å². The van der Waals surface area contributed by atoms with Crippen LogP contribution in [0.3, 0.4) is 0 Å². The van der Waals surface area contributed by atoms with Crippen molar-refractivity contribution in [3.05, 3.63) is 40.1 Å². The second-order valence-electron chi connectivity index (χ2n) is 6.13. The van der Waals surface area contributed by atoms with Crippen LogP contribution in [0.5, 0.6) is 0 Å². The fraction of sp³-hybridized carbons (Fsp3) is 0.500. The smallest absolute Gasteiger partial charge is 0.271 e. The summed E-state index contributed by atoms with van der Waals surface area (Å²) in [4.78, 5) is 20.3. The number of hydrogen-bond donors (Lipinski definition) is 1. The number of imidazole rings is 1. The topological polar surface area (TPSA) is 50.2 Å². The van der Waals surface area contributed by atoms with Gasteiger partial charge in [-0.1, -0.05) is 19.9 Å². The van der Waals surface area contributed by atoms with E-state index in [1.807, 2.05) is 23.7 Å². The lowest BCUT2D eigenvalue weighted by atomic mass is 10.2. The summed E-state index contributed by atoms with van der Waals surface area (Å²) >= 11 is 1.65. The monoisotopic (exact) mass is 318 g/mol. The second kappa shape index (κ2) is 6.62. The zero-order valence-corrected chi connectivity index (χ0v) is 13.9. The van der Waals surface area contributed by atoms with Crippen LogP contribution in [0.2, 0.25) is 0 Å². The van der Waals surface area contributed by atoms with Crippen molar-refractivity contribution in [1.29, 1.82) is 0 Å². The van der Waals surface area contributed by atoms with E-state index in [2.05, 4.69) is 33.6 Å². The number of aromatic nitrogens is 2. The Morgan fingerprint density at radius 1 is 1.45 bits per heavy atom. The summed E-state index contributed by atoms with van der Waals surface area (Å²) in [6.45, 7) is 8.86. The Bertz CT molecular complexity index is 633. The Balaban J connectivity index is 1.62. The molecule has 2 aromatic heterocycles. The Hall–Kier alpha value is -1.66. The molecule has 0 unspecified atom stereocenters. The molecule has 118 valence electrons. The van der Waals surface area contributed by atoms with Gasteiger partial charge in [-0.2, -0.15) is 0 Å². The van der Waals surface area contributed by atoms with Crippen LogP contribution < -0.4 is 5.32 Å². The van der Waals surface area contributed by atoms with Gasteiger partial charge in [-0.15, -0.1) is 11.3 Å². The van der Waals surface area contributed by atoms with E-state index in [9.17, 15) is 4.79 Å². The van der Waals surface area contributed by atoms with Crippen molar-refractivity contribution in [2.75, 3.05) is 13.1 Å². The van der Waals surface area contributed by atoms with Gasteiger partial charge in [-0.3, -0.25) is 9.69 Å². The Labute approximate surface area is 135 Å². The molecular weight excluding hydrogens is 296 g/mol. The molecule has 2 aromatic rings. The molecule has 0 saturated carbocycles. The molecular formula is C16H22N4OS. The third-order valence-electron chi connectivity index (χ3n) is 3.74. The van der Waals surface area contributed by atoms with Crippen LogP contribution in [0.1, 0.15) is 35.0 Å². The van der Waals surface area contributed by atoms with Crippen LogP contribution >= 0.6 is 11.3 Å². The Morgan fingerprint density at radius 2 is 2.32 bits per heavy atom. The maximum Gasteiger partial charge on any atom is 0.271 e. The van der Waals surface area contributed by atoms with Gasteiger partial charge in [0.2, 0.25) is 0 Å². The summed E-state index contributed by atoms with van der Waals surface area (Å²) in [5.74, 6) is 1.55. The van der Waals surface area contributed by atoms with Crippen LogP contribution in [0, 0.1) is 5.92 Å². The summed E-state index contributed by atoms with van der Waals surface area (Å²) in [5.41, 5.74) is 0.526. The highest BCUT2D eigenvalue weighted by Gasteiger charge is 2.21. The maximum absolute atomic E-state index is 12.2. The first-order valence-electron chi connectivity index (χ1n) is 7.71. The number of amides is 1. The van der Waals surface area contributed by atoms with Crippen molar-refractivity contribution in [3.8, 4) is 0 Å². The molecule has 3 rings (SSSR count). The van der Waals surface area contributed by atoms with Crippen LogP contribution in [0.15, 0.2) is 23.7 Å². The predicted octanol–water partition coefficient (Wildman–Crippen LogP) is 2.35.